The van der Waals surface area contributed by atoms with Gasteiger partial charge in [-0.05, 0) is 45.4 Å². The average molecular weight is 312 g/mol. The molecule has 0 saturated carbocycles. The molecule has 0 aromatic heterocycles. The number of ether oxygens (including phenoxy) is 1. The molecule has 1 aliphatic rings. The first-order valence-corrected chi connectivity index (χ1v) is 7.29. The summed E-state index contributed by atoms with van der Waals surface area (Å²) in [5.41, 5.74) is 5.72. The van der Waals surface area contributed by atoms with Crippen LogP contribution in [0.25, 0.3) is 0 Å². The molecule has 6 heteroatoms. The average Bonchev–Trinajstić information content (AvgIpc) is 2.36. The molecule has 2 N–H and O–H groups in total. The summed E-state index contributed by atoms with van der Waals surface area (Å²) in [5, 5.41) is 0. The number of nitrogens with two attached hydrogens (primary N) is 1. The highest BCUT2D eigenvalue weighted by atomic mass is 19.3. The number of benzene rings is 1. The minimum atomic E-state index is -2.97. The number of rotatable bonds is 1. The third-order valence-electron chi connectivity index (χ3n) is 3.49. The molecule has 0 spiro atoms. The summed E-state index contributed by atoms with van der Waals surface area (Å²) < 4.78 is 33.7. The number of anilines is 1. The van der Waals surface area contributed by atoms with E-state index in [0.717, 1.165) is 0 Å². The molecule has 1 atom stereocenters. The molecule has 2 rings (SSSR count). The number of carbonyl (C=O) groups excluding carboxylic acids is 1. The van der Waals surface area contributed by atoms with Crippen LogP contribution in [0.15, 0.2) is 18.2 Å². The molecule has 1 amide bonds. The molecule has 1 unspecified atom stereocenters. The number of nitrogens with zero attached hydrogens (tertiary/aromatic N) is 1. The van der Waals surface area contributed by atoms with Crippen molar-refractivity contribution in [3.05, 3.63) is 29.3 Å². The van der Waals surface area contributed by atoms with Gasteiger partial charge in [-0.1, -0.05) is 6.07 Å². The molecule has 1 aliphatic heterocycles. The molecule has 0 bridgehead atoms. The Labute approximate surface area is 129 Å². The Morgan fingerprint density at radius 3 is 2.59 bits per heavy atom. The lowest BCUT2D eigenvalue weighted by molar-refractivity contribution is -0.0161. The predicted octanol–water partition coefficient (Wildman–Crippen LogP) is 3.94. The van der Waals surface area contributed by atoms with E-state index < -0.39 is 24.0 Å². The van der Waals surface area contributed by atoms with Crippen molar-refractivity contribution in [3.63, 3.8) is 0 Å². The number of hydrogen-bond donors (Lipinski definition) is 1. The summed E-state index contributed by atoms with van der Waals surface area (Å²) >= 11 is 0. The summed E-state index contributed by atoms with van der Waals surface area (Å²) in [6.45, 7) is 6.87. The van der Waals surface area contributed by atoms with Gasteiger partial charge in [0.25, 0.3) is 5.92 Å². The Morgan fingerprint density at radius 2 is 2.05 bits per heavy atom. The van der Waals surface area contributed by atoms with Crippen molar-refractivity contribution < 1.29 is 18.3 Å². The first kappa shape index (κ1) is 16.7. The first-order chi connectivity index (χ1) is 10.0. The van der Waals surface area contributed by atoms with Crippen LogP contribution in [0.2, 0.25) is 0 Å². The van der Waals surface area contributed by atoms with Gasteiger partial charge in [-0.15, -0.1) is 0 Å². The van der Waals surface area contributed by atoms with Crippen LogP contribution in [0.4, 0.5) is 19.3 Å². The van der Waals surface area contributed by atoms with Crippen molar-refractivity contribution in [1.29, 1.82) is 0 Å². The smallest absolute Gasteiger partial charge is 0.414 e. The maximum Gasteiger partial charge on any atom is 0.414 e. The predicted molar refractivity (Wildman–Crippen MR) is 81.1 cm³/mol. The highest BCUT2D eigenvalue weighted by Crippen LogP contribution is 2.43. The fraction of sp³-hybridized carbons (Fsp3) is 0.562. The Bertz CT molecular complexity index is 580. The topological polar surface area (TPSA) is 55.6 Å². The summed E-state index contributed by atoms with van der Waals surface area (Å²) in [5.74, 6) is -2.97. The van der Waals surface area contributed by atoms with Crippen LogP contribution in [0, 0.1) is 0 Å². The molecule has 0 aliphatic carbocycles. The van der Waals surface area contributed by atoms with Crippen molar-refractivity contribution in [2.24, 2.45) is 5.73 Å². The van der Waals surface area contributed by atoms with Gasteiger partial charge in [0, 0.05) is 24.6 Å². The van der Waals surface area contributed by atoms with E-state index in [1.54, 1.807) is 33.8 Å². The highest BCUT2D eigenvalue weighted by molar-refractivity contribution is 5.90. The summed E-state index contributed by atoms with van der Waals surface area (Å²) in [6.07, 6.45) is -1.04. The van der Waals surface area contributed by atoms with Gasteiger partial charge in [0.05, 0.1) is 5.69 Å². The number of alkyl halides is 2. The van der Waals surface area contributed by atoms with Crippen molar-refractivity contribution >= 4 is 11.8 Å². The molecule has 1 aromatic carbocycles. The van der Waals surface area contributed by atoms with Crippen LogP contribution in [0.1, 0.15) is 51.3 Å². The zero-order valence-corrected chi connectivity index (χ0v) is 13.3. The van der Waals surface area contributed by atoms with Gasteiger partial charge in [0.1, 0.15) is 5.60 Å². The SMILES string of the molecule is CC(N)c1ccc2c(c1)C(F)(F)CCN2C(=O)OC(C)(C)C. The lowest BCUT2D eigenvalue weighted by Crippen LogP contribution is -2.43. The Morgan fingerprint density at radius 1 is 1.41 bits per heavy atom. The largest absolute Gasteiger partial charge is 0.443 e. The van der Waals surface area contributed by atoms with E-state index in [9.17, 15) is 13.6 Å². The molecule has 4 nitrogen and oxygen atoms in total. The summed E-state index contributed by atoms with van der Waals surface area (Å²) in [4.78, 5) is 13.5. The van der Waals surface area contributed by atoms with E-state index in [-0.39, 0.29) is 23.8 Å². The van der Waals surface area contributed by atoms with E-state index in [2.05, 4.69) is 0 Å². The fourth-order valence-electron chi connectivity index (χ4n) is 2.38. The molecule has 0 fully saturated rings. The van der Waals surface area contributed by atoms with E-state index in [1.807, 2.05) is 0 Å². The summed E-state index contributed by atoms with van der Waals surface area (Å²) in [6, 6.07) is 4.22. The number of carbonyl (C=O) groups is 1. The fourth-order valence-corrected chi connectivity index (χ4v) is 2.38. The molecule has 0 radical (unpaired) electrons. The second kappa shape index (κ2) is 5.50. The van der Waals surface area contributed by atoms with E-state index in [1.165, 1.54) is 17.0 Å². The van der Waals surface area contributed by atoms with Gasteiger partial charge < -0.3 is 10.5 Å². The third kappa shape index (κ3) is 3.38. The van der Waals surface area contributed by atoms with Crippen molar-refractivity contribution in [2.45, 2.75) is 51.7 Å². The molecular formula is C16H22F2N2O2. The lowest BCUT2D eigenvalue weighted by Gasteiger charge is -2.35. The van der Waals surface area contributed by atoms with Crippen LogP contribution in [0.5, 0.6) is 0 Å². The third-order valence-corrected chi connectivity index (χ3v) is 3.49. The molecule has 22 heavy (non-hydrogen) atoms. The Balaban J connectivity index is 2.42. The van der Waals surface area contributed by atoms with Gasteiger partial charge in [-0.2, -0.15) is 0 Å². The van der Waals surface area contributed by atoms with E-state index in [0.29, 0.717) is 5.56 Å². The van der Waals surface area contributed by atoms with E-state index in [4.69, 9.17) is 10.5 Å². The summed E-state index contributed by atoms with van der Waals surface area (Å²) in [7, 11) is 0. The molecule has 1 heterocycles. The van der Waals surface area contributed by atoms with Crippen LogP contribution in [0.3, 0.4) is 0 Å². The minimum absolute atomic E-state index is 0.0769. The molecule has 122 valence electrons. The van der Waals surface area contributed by atoms with Gasteiger partial charge >= 0.3 is 6.09 Å². The monoisotopic (exact) mass is 312 g/mol. The first-order valence-electron chi connectivity index (χ1n) is 7.29. The van der Waals surface area contributed by atoms with E-state index >= 15 is 0 Å². The second-order valence-corrected chi connectivity index (χ2v) is 6.65. The number of hydrogen-bond acceptors (Lipinski definition) is 3. The lowest BCUT2D eigenvalue weighted by atomic mass is 9.94. The normalized spacial score (nSPS) is 18.6. The Kier molecular flexibility index (Phi) is 4.17. The maximum absolute atomic E-state index is 14.2. The van der Waals surface area contributed by atoms with Gasteiger partial charge in [0.2, 0.25) is 0 Å². The van der Waals surface area contributed by atoms with Crippen LogP contribution in [-0.4, -0.2) is 18.2 Å². The van der Waals surface area contributed by atoms with Gasteiger partial charge in [0.15, 0.2) is 0 Å². The highest BCUT2D eigenvalue weighted by Gasteiger charge is 2.42. The van der Waals surface area contributed by atoms with Gasteiger partial charge in [-0.3, -0.25) is 4.90 Å². The van der Waals surface area contributed by atoms with Gasteiger partial charge in [-0.25, -0.2) is 13.6 Å². The zero-order chi connectivity index (χ0) is 16.7. The van der Waals surface area contributed by atoms with Crippen LogP contribution in [-0.2, 0) is 10.7 Å². The molecule has 1 aromatic rings. The Hall–Kier alpha value is -1.69. The van der Waals surface area contributed by atoms with Crippen LogP contribution < -0.4 is 10.6 Å². The molecular weight excluding hydrogens is 290 g/mol. The van der Waals surface area contributed by atoms with Crippen molar-refractivity contribution in [1.82, 2.24) is 0 Å². The maximum atomic E-state index is 14.2. The zero-order valence-electron chi connectivity index (χ0n) is 13.3. The minimum Gasteiger partial charge on any atom is -0.443 e. The number of fused-ring (bicyclic) bond motifs is 1. The molecule has 0 saturated heterocycles. The standard InChI is InChI=1S/C16H22F2N2O2/c1-10(19)11-5-6-13-12(9-11)16(17,18)7-8-20(13)14(21)22-15(2,3)4/h5-6,9-10H,7-8,19H2,1-4H3. The number of amides is 1. The number of halogens is 2. The van der Waals surface area contributed by atoms with Crippen molar-refractivity contribution in [3.8, 4) is 0 Å². The van der Waals surface area contributed by atoms with Crippen LogP contribution >= 0.6 is 0 Å². The second-order valence-electron chi connectivity index (χ2n) is 6.65. The van der Waals surface area contributed by atoms with Crippen molar-refractivity contribution in [2.75, 3.05) is 11.4 Å². The quantitative estimate of drug-likeness (QED) is 0.854.